The van der Waals surface area contributed by atoms with Crippen LogP contribution in [-0.2, 0) is 11.2 Å². The molecule has 0 radical (unpaired) electrons. The Morgan fingerprint density at radius 1 is 1.27 bits per heavy atom. The van der Waals surface area contributed by atoms with Crippen molar-refractivity contribution in [3.05, 3.63) is 88.0 Å². The maximum Gasteiger partial charge on any atom is 0.259 e. The van der Waals surface area contributed by atoms with Gasteiger partial charge in [0.1, 0.15) is 23.4 Å². The topological polar surface area (TPSA) is 106 Å². The quantitative estimate of drug-likeness (QED) is 0.568. The zero-order chi connectivity index (χ0) is 23.7. The molecule has 3 N–H and O–H groups in total. The van der Waals surface area contributed by atoms with Crippen LogP contribution in [0.15, 0.2) is 54.9 Å². The summed E-state index contributed by atoms with van der Waals surface area (Å²) in [5.41, 5.74) is 7.02. The number of phenols is 1. The molecule has 0 spiro atoms. The Bertz CT molecular complexity index is 1240. The molecule has 1 unspecified atom stereocenters. The molecule has 1 aromatic heterocycles. The highest BCUT2D eigenvalue weighted by atomic mass is 35.5. The highest BCUT2D eigenvalue weighted by Gasteiger charge is 2.41. The van der Waals surface area contributed by atoms with E-state index in [1.165, 1.54) is 42.6 Å². The van der Waals surface area contributed by atoms with Gasteiger partial charge in [-0.3, -0.25) is 14.6 Å². The number of hydrogen-bond acceptors (Lipinski definition) is 5. The first kappa shape index (κ1) is 22.5. The molecule has 33 heavy (non-hydrogen) atoms. The molecule has 0 saturated carbocycles. The summed E-state index contributed by atoms with van der Waals surface area (Å²) >= 11 is 6.12. The third-order valence-electron chi connectivity index (χ3n) is 5.76. The molecular weight excluding hydrogens is 449 g/mol. The number of carbonyl (C=O) groups excluding carboxylic acids is 2. The first-order valence-corrected chi connectivity index (χ1v) is 10.6. The van der Waals surface area contributed by atoms with E-state index in [1.807, 2.05) is 0 Å². The van der Waals surface area contributed by atoms with Crippen LogP contribution in [0.2, 0.25) is 5.02 Å². The van der Waals surface area contributed by atoms with Crippen LogP contribution in [0.1, 0.15) is 45.6 Å². The van der Waals surface area contributed by atoms with E-state index in [1.54, 1.807) is 24.3 Å². The number of aromatic hydroxyl groups is 1. The molecule has 9 heteroatoms. The Balaban J connectivity index is 1.91. The van der Waals surface area contributed by atoms with Gasteiger partial charge in [-0.15, -0.1) is 0 Å². The number of carbonyl (C=O) groups is 2. The van der Waals surface area contributed by atoms with Crippen molar-refractivity contribution in [1.29, 1.82) is 0 Å². The van der Waals surface area contributed by atoms with Gasteiger partial charge >= 0.3 is 0 Å². The van der Waals surface area contributed by atoms with Crippen LogP contribution in [0, 0.1) is 5.82 Å². The second-order valence-corrected chi connectivity index (χ2v) is 8.14. The van der Waals surface area contributed by atoms with E-state index in [-0.39, 0.29) is 16.3 Å². The number of para-hydroxylation sites is 1. The van der Waals surface area contributed by atoms with Crippen molar-refractivity contribution < 1.29 is 23.8 Å². The molecule has 0 fully saturated rings. The number of pyridine rings is 1. The van der Waals surface area contributed by atoms with Gasteiger partial charge in [-0.1, -0.05) is 23.7 Å². The summed E-state index contributed by atoms with van der Waals surface area (Å²) in [7, 11) is 1.45. The summed E-state index contributed by atoms with van der Waals surface area (Å²) in [6, 6.07) is 8.37. The van der Waals surface area contributed by atoms with Gasteiger partial charge in [0.25, 0.3) is 5.91 Å². The van der Waals surface area contributed by atoms with Crippen molar-refractivity contribution >= 4 is 23.4 Å². The molecule has 1 aliphatic rings. The number of aromatic nitrogens is 1. The van der Waals surface area contributed by atoms with E-state index in [0.29, 0.717) is 35.3 Å². The van der Waals surface area contributed by atoms with Gasteiger partial charge in [0.05, 0.1) is 24.9 Å². The fraction of sp³-hybridized carbons (Fsp3) is 0.208. The van der Waals surface area contributed by atoms with Crippen LogP contribution < -0.4 is 10.5 Å². The molecule has 0 aliphatic heterocycles. The van der Waals surface area contributed by atoms with Crippen LogP contribution in [0.4, 0.5) is 4.39 Å². The van der Waals surface area contributed by atoms with Crippen LogP contribution in [0.25, 0.3) is 0 Å². The average Bonchev–Trinajstić information content (AvgIpc) is 3.20. The van der Waals surface area contributed by atoms with Gasteiger partial charge in [0.2, 0.25) is 5.91 Å². The van der Waals surface area contributed by atoms with Crippen LogP contribution in [0.5, 0.6) is 11.5 Å². The largest absolute Gasteiger partial charge is 0.507 e. The highest BCUT2D eigenvalue weighted by Crippen LogP contribution is 2.43. The molecular formula is C24H21ClFN3O4. The van der Waals surface area contributed by atoms with Crippen LogP contribution in [0.3, 0.4) is 0 Å². The molecule has 1 heterocycles. The number of benzene rings is 2. The Kier molecular flexibility index (Phi) is 6.20. The van der Waals surface area contributed by atoms with Crippen molar-refractivity contribution in [3.8, 4) is 11.5 Å². The lowest BCUT2D eigenvalue weighted by atomic mass is 9.98. The Morgan fingerprint density at radius 2 is 2.03 bits per heavy atom. The number of primary amides is 1. The van der Waals surface area contributed by atoms with Crippen LogP contribution >= 0.6 is 11.6 Å². The molecule has 2 aromatic carbocycles. The zero-order valence-electron chi connectivity index (χ0n) is 17.7. The molecule has 170 valence electrons. The normalized spacial score (nSPS) is 15.5. The van der Waals surface area contributed by atoms with Crippen LogP contribution in [-0.4, -0.2) is 33.9 Å². The summed E-state index contributed by atoms with van der Waals surface area (Å²) < 4.78 is 19.8. The number of hydrogen-bond donors (Lipinski definition) is 2. The predicted octanol–water partition coefficient (Wildman–Crippen LogP) is 3.94. The van der Waals surface area contributed by atoms with Crippen molar-refractivity contribution in [2.24, 2.45) is 5.73 Å². The Hall–Kier alpha value is -3.65. The second-order valence-electron chi connectivity index (χ2n) is 7.70. The average molecular weight is 470 g/mol. The smallest absolute Gasteiger partial charge is 0.259 e. The summed E-state index contributed by atoms with van der Waals surface area (Å²) in [5.74, 6) is -1.82. The number of rotatable bonds is 6. The number of fused-ring (bicyclic) bond motifs is 1. The minimum absolute atomic E-state index is 0.0180. The maximum absolute atomic E-state index is 14.6. The fourth-order valence-corrected chi connectivity index (χ4v) is 4.51. The van der Waals surface area contributed by atoms with Gasteiger partial charge in [0.15, 0.2) is 0 Å². The molecule has 3 aromatic rings. The van der Waals surface area contributed by atoms with Gasteiger partial charge in [-0.2, -0.15) is 0 Å². The van der Waals surface area contributed by atoms with Gasteiger partial charge in [-0.05, 0) is 54.3 Å². The van der Waals surface area contributed by atoms with E-state index in [0.717, 1.165) is 0 Å². The SMILES string of the molecule is COc1cncc(C(C(N)=O)N(C(=O)c2ccccc2O)[C@@H]2CCc3c(F)cc(Cl)cc32)c1. The monoisotopic (exact) mass is 469 g/mol. The summed E-state index contributed by atoms with van der Waals surface area (Å²) in [5, 5.41) is 10.5. The van der Waals surface area contributed by atoms with Crippen molar-refractivity contribution in [1.82, 2.24) is 9.88 Å². The van der Waals surface area contributed by atoms with Gasteiger partial charge in [-0.25, -0.2) is 4.39 Å². The lowest BCUT2D eigenvalue weighted by Crippen LogP contribution is -2.43. The second kappa shape index (κ2) is 9.07. The zero-order valence-corrected chi connectivity index (χ0v) is 18.4. The molecule has 0 bridgehead atoms. The molecule has 7 nitrogen and oxygen atoms in total. The highest BCUT2D eigenvalue weighted by molar-refractivity contribution is 6.30. The third-order valence-corrected chi connectivity index (χ3v) is 5.98. The number of amides is 2. The first-order valence-electron chi connectivity index (χ1n) is 10.2. The Labute approximate surface area is 194 Å². The predicted molar refractivity (Wildman–Crippen MR) is 119 cm³/mol. The summed E-state index contributed by atoms with van der Waals surface area (Å²) in [4.78, 5) is 31.9. The number of methoxy groups -OCH3 is 1. The number of nitrogens with two attached hydrogens (primary N) is 1. The molecule has 2 amide bonds. The first-order chi connectivity index (χ1) is 15.8. The number of halogens is 2. The molecule has 4 rings (SSSR count). The fourth-order valence-electron chi connectivity index (χ4n) is 4.30. The Morgan fingerprint density at radius 3 is 2.73 bits per heavy atom. The maximum atomic E-state index is 14.6. The van der Waals surface area contributed by atoms with E-state index < -0.39 is 29.7 Å². The van der Waals surface area contributed by atoms with Crippen molar-refractivity contribution in [3.63, 3.8) is 0 Å². The van der Waals surface area contributed by atoms with Gasteiger partial charge < -0.3 is 20.5 Å². The van der Waals surface area contributed by atoms with E-state index in [9.17, 15) is 19.1 Å². The lowest BCUT2D eigenvalue weighted by molar-refractivity contribution is -0.123. The van der Waals surface area contributed by atoms with Crippen molar-refractivity contribution in [2.45, 2.75) is 24.9 Å². The minimum Gasteiger partial charge on any atom is -0.507 e. The minimum atomic E-state index is -1.27. The lowest BCUT2D eigenvalue weighted by Gasteiger charge is -2.36. The molecule has 1 aliphatic carbocycles. The van der Waals surface area contributed by atoms with Gasteiger partial charge in [0, 0.05) is 16.8 Å². The van der Waals surface area contributed by atoms with E-state index >= 15 is 0 Å². The van der Waals surface area contributed by atoms with E-state index in [4.69, 9.17) is 22.1 Å². The number of nitrogens with zero attached hydrogens (tertiary/aromatic N) is 2. The standard InChI is InChI=1S/C24H21ClFN3O4/c1-33-15-8-13(11-28-12-15)22(23(27)31)29(24(32)17-4-2-3-5-21(17)30)20-7-6-16-18(20)9-14(25)10-19(16)26/h2-5,8-12,20,22,30H,6-7H2,1H3,(H2,27,31)/t20-,22?/m1/s1. The third kappa shape index (κ3) is 4.21. The molecule has 0 saturated heterocycles. The number of ether oxygens (including phenoxy) is 1. The summed E-state index contributed by atoms with van der Waals surface area (Å²) in [6.45, 7) is 0. The van der Waals surface area contributed by atoms with E-state index in [2.05, 4.69) is 4.98 Å². The number of phenolic OH excluding ortho intramolecular Hbond substituents is 1. The van der Waals surface area contributed by atoms with Crippen molar-refractivity contribution in [2.75, 3.05) is 7.11 Å². The molecule has 2 atom stereocenters. The summed E-state index contributed by atoms with van der Waals surface area (Å²) in [6.07, 6.45) is 3.55.